The number of hydrogen-bond acceptors (Lipinski definition) is 3. The summed E-state index contributed by atoms with van der Waals surface area (Å²) in [5.41, 5.74) is 2.69. The third kappa shape index (κ3) is 2.50. The van der Waals surface area contributed by atoms with Crippen molar-refractivity contribution in [1.82, 2.24) is 4.98 Å². The Kier molecular flexibility index (Phi) is 3.39. The Balaban J connectivity index is 2.16. The molecule has 0 unspecified atom stereocenters. The van der Waals surface area contributed by atoms with Gasteiger partial charge in [-0.1, -0.05) is 0 Å². The minimum atomic E-state index is -0.822. The number of fused-ring (bicyclic) bond motifs is 1. The number of hydrogen-bond donors (Lipinski definition) is 2. The number of H-pyrrole nitrogens is 1. The molecule has 0 atom stereocenters. The highest BCUT2D eigenvalue weighted by atomic mass is 16.5. The fourth-order valence-corrected chi connectivity index (χ4v) is 2.48. The van der Waals surface area contributed by atoms with Crippen LogP contribution < -0.4 is 4.74 Å². The van der Waals surface area contributed by atoms with Gasteiger partial charge in [-0.25, -0.2) is 0 Å². The van der Waals surface area contributed by atoms with E-state index in [0.717, 1.165) is 27.9 Å². The van der Waals surface area contributed by atoms with Gasteiger partial charge < -0.3 is 19.2 Å². The number of benzene rings is 1. The third-order valence-electron chi connectivity index (χ3n) is 3.47. The van der Waals surface area contributed by atoms with E-state index in [2.05, 4.69) is 4.98 Å². The van der Waals surface area contributed by atoms with Crippen molar-refractivity contribution in [3.63, 3.8) is 0 Å². The predicted molar refractivity (Wildman–Crippen MR) is 78.5 cm³/mol. The van der Waals surface area contributed by atoms with Crippen LogP contribution in [0.15, 0.2) is 41.0 Å². The van der Waals surface area contributed by atoms with Crippen LogP contribution in [0.5, 0.6) is 5.75 Å². The van der Waals surface area contributed by atoms with Crippen LogP contribution in [0.3, 0.4) is 0 Å². The molecule has 108 valence electrons. The second kappa shape index (κ2) is 5.36. The molecule has 0 aliphatic heterocycles. The van der Waals surface area contributed by atoms with Crippen LogP contribution in [-0.2, 0) is 11.2 Å². The van der Waals surface area contributed by atoms with Gasteiger partial charge in [0.25, 0.3) is 0 Å². The number of aliphatic carboxylic acids is 1. The van der Waals surface area contributed by atoms with Crippen LogP contribution in [0.1, 0.15) is 12.0 Å². The SMILES string of the molecule is COc1ccc2[nH]c(-c3ccco3)c(CCC(=O)O)c2c1. The average Bonchev–Trinajstić information content (AvgIpc) is 3.11. The number of nitrogens with one attached hydrogen (secondary N) is 1. The maximum Gasteiger partial charge on any atom is 0.303 e. The van der Waals surface area contributed by atoms with Crippen molar-refractivity contribution in [2.75, 3.05) is 7.11 Å². The summed E-state index contributed by atoms with van der Waals surface area (Å²) in [5.74, 6) is 0.618. The highest BCUT2D eigenvalue weighted by Gasteiger charge is 2.16. The number of furan rings is 1. The second-order valence-corrected chi connectivity index (χ2v) is 4.76. The first-order valence-corrected chi connectivity index (χ1v) is 6.63. The lowest BCUT2D eigenvalue weighted by Crippen LogP contribution is -1.98. The maximum absolute atomic E-state index is 10.9. The van der Waals surface area contributed by atoms with Crippen molar-refractivity contribution in [2.45, 2.75) is 12.8 Å². The van der Waals surface area contributed by atoms with Gasteiger partial charge in [0.15, 0.2) is 0 Å². The van der Waals surface area contributed by atoms with Crippen molar-refractivity contribution < 1.29 is 19.1 Å². The molecule has 2 aromatic heterocycles. The van der Waals surface area contributed by atoms with Crippen molar-refractivity contribution in [3.8, 4) is 17.2 Å². The lowest BCUT2D eigenvalue weighted by molar-refractivity contribution is -0.136. The van der Waals surface area contributed by atoms with Crippen LogP contribution in [-0.4, -0.2) is 23.2 Å². The summed E-state index contributed by atoms with van der Waals surface area (Å²) >= 11 is 0. The standard InChI is InChI=1S/C16H15NO4/c1-20-10-4-6-13-12(9-10)11(5-7-15(18)19)16(17-13)14-3-2-8-21-14/h2-4,6,8-9,17H,5,7H2,1H3,(H,18,19). The Hall–Kier alpha value is -2.69. The van der Waals surface area contributed by atoms with Gasteiger partial charge in [0.05, 0.1) is 19.1 Å². The number of carboxylic acids is 1. The first kappa shape index (κ1) is 13.3. The zero-order valence-electron chi connectivity index (χ0n) is 11.6. The van der Waals surface area contributed by atoms with E-state index in [-0.39, 0.29) is 6.42 Å². The summed E-state index contributed by atoms with van der Waals surface area (Å²) in [5, 5.41) is 9.91. The molecular formula is C16H15NO4. The monoisotopic (exact) mass is 285 g/mol. The first-order chi connectivity index (χ1) is 10.2. The number of methoxy groups -OCH3 is 1. The normalized spacial score (nSPS) is 10.9. The van der Waals surface area contributed by atoms with Gasteiger partial charge in [0.1, 0.15) is 11.5 Å². The fourth-order valence-electron chi connectivity index (χ4n) is 2.48. The van der Waals surface area contributed by atoms with E-state index in [4.69, 9.17) is 14.3 Å². The van der Waals surface area contributed by atoms with Crippen molar-refractivity contribution in [3.05, 3.63) is 42.2 Å². The highest BCUT2D eigenvalue weighted by Crippen LogP contribution is 2.33. The van der Waals surface area contributed by atoms with Gasteiger partial charge >= 0.3 is 5.97 Å². The number of aryl methyl sites for hydroxylation is 1. The van der Waals surface area contributed by atoms with Crippen molar-refractivity contribution >= 4 is 16.9 Å². The lowest BCUT2D eigenvalue weighted by Gasteiger charge is -2.02. The second-order valence-electron chi connectivity index (χ2n) is 4.76. The summed E-state index contributed by atoms with van der Waals surface area (Å²) in [4.78, 5) is 14.2. The van der Waals surface area contributed by atoms with Gasteiger partial charge in [-0.15, -0.1) is 0 Å². The first-order valence-electron chi connectivity index (χ1n) is 6.63. The van der Waals surface area contributed by atoms with Gasteiger partial charge in [-0.3, -0.25) is 4.79 Å². The van der Waals surface area contributed by atoms with Crippen molar-refractivity contribution in [2.24, 2.45) is 0 Å². The largest absolute Gasteiger partial charge is 0.497 e. The molecule has 21 heavy (non-hydrogen) atoms. The molecule has 5 nitrogen and oxygen atoms in total. The van der Waals surface area contributed by atoms with E-state index in [1.807, 2.05) is 30.3 Å². The number of carbonyl (C=O) groups is 1. The van der Waals surface area contributed by atoms with Crippen LogP contribution in [0.25, 0.3) is 22.4 Å². The van der Waals surface area contributed by atoms with Crippen LogP contribution in [0.4, 0.5) is 0 Å². The quantitative estimate of drug-likeness (QED) is 0.752. The van der Waals surface area contributed by atoms with Crippen LogP contribution >= 0.6 is 0 Å². The molecule has 0 aliphatic rings. The topological polar surface area (TPSA) is 75.5 Å². The molecule has 0 amide bonds. The third-order valence-corrected chi connectivity index (χ3v) is 3.47. The maximum atomic E-state index is 10.9. The molecule has 0 aliphatic carbocycles. The predicted octanol–water partition coefficient (Wildman–Crippen LogP) is 3.45. The van der Waals surface area contributed by atoms with Gasteiger partial charge in [0, 0.05) is 17.3 Å². The summed E-state index contributed by atoms with van der Waals surface area (Å²) in [6.45, 7) is 0. The van der Waals surface area contributed by atoms with Gasteiger partial charge in [-0.05, 0) is 42.3 Å². The molecule has 3 aromatic rings. The Morgan fingerprint density at radius 2 is 2.24 bits per heavy atom. The molecule has 0 saturated heterocycles. The molecule has 1 aromatic carbocycles. The molecule has 0 bridgehead atoms. The van der Waals surface area contributed by atoms with Crippen LogP contribution in [0, 0.1) is 0 Å². The summed E-state index contributed by atoms with van der Waals surface area (Å²) in [6.07, 6.45) is 2.10. The molecule has 5 heteroatoms. The minimum Gasteiger partial charge on any atom is -0.497 e. The Bertz CT molecular complexity index is 771. The molecule has 0 spiro atoms. The number of aromatic amines is 1. The number of aromatic nitrogens is 1. The molecule has 2 heterocycles. The molecule has 0 fully saturated rings. The summed E-state index contributed by atoms with van der Waals surface area (Å²) < 4.78 is 10.7. The molecule has 0 radical (unpaired) electrons. The summed E-state index contributed by atoms with van der Waals surface area (Å²) in [7, 11) is 1.61. The van der Waals surface area contributed by atoms with E-state index in [1.165, 1.54) is 0 Å². The zero-order valence-corrected chi connectivity index (χ0v) is 11.6. The Morgan fingerprint density at radius 3 is 2.90 bits per heavy atom. The van der Waals surface area contributed by atoms with Gasteiger partial charge in [0.2, 0.25) is 0 Å². The fraction of sp³-hybridized carbons (Fsp3) is 0.188. The van der Waals surface area contributed by atoms with E-state index < -0.39 is 5.97 Å². The smallest absolute Gasteiger partial charge is 0.303 e. The van der Waals surface area contributed by atoms with E-state index in [1.54, 1.807) is 13.4 Å². The lowest BCUT2D eigenvalue weighted by atomic mass is 10.0. The zero-order chi connectivity index (χ0) is 14.8. The summed E-state index contributed by atoms with van der Waals surface area (Å²) in [6, 6.07) is 9.36. The molecule has 2 N–H and O–H groups in total. The number of ether oxygens (including phenoxy) is 1. The minimum absolute atomic E-state index is 0.0673. The van der Waals surface area contributed by atoms with E-state index >= 15 is 0 Å². The van der Waals surface area contributed by atoms with Crippen molar-refractivity contribution in [1.29, 1.82) is 0 Å². The highest BCUT2D eigenvalue weighted by molar-refractivity contribution is 5.91. The Labute approximate surface area is 121 Å². The van der Waals surface area contributed by atoms with Crippen LogP contribution in [0.2, 0.25) is 0 Å². The van der Waals surface area contributed by atoms with E-state index in [9.17, 15) is 4.79 Å². The number of carboxylic acid groups (broad SMARTS) is 1. The van der Waals surface area contributed by atoms with E-state index in [0.29, 0.717) is 12.2 Å². The van der Waals surface area contributed by atoms with Gasteiger partial charge in [-0.2, -0.15) is 0 Å². The average molecular weight is 285 g/mol. The Morgan fingerprint density at radius 1 is 1.38 bits per heavy atom. The molecule has 0 saturated carbocycles. The number of rotatable bonds is 5. The molecular weight excluding hydrogens is 270 g/mol. The molecule has 3 rings (SSSR count).